The minimum Gasteiger partial charge on any atom is -0.378 e. The summed E-state index contributed by atoms with van der Waals surface area (Å²) in [5.41, 5.74) is 5.97. The first kappa shape index (κ1) is 22.5. The van der Waals surface area contributed by atoms with Crippen LogP contribution >= 0.6 is 0 Å². The molecule has 4 rings (SSSR count). The third-order valence-electron chi connectivity index (χ3n) is 6.19. The Bertz CT molecular complexity index is 1160. The van der Waals surface area contributed by atoms with Crippen molar-refractivity contribution in [1.29, 1.82) is 0 Å². The number of fused-ring (bicyclic) bond motifs is 1. The molecule has 32 heavy (non-hydrogen) atoms. The lowest BCUT2D eigenvalue weighted by atomic mass is 9.96. The summed E-state index contributed by atoms with van der Waals surface area (Å²) in [6.45, 7) is 3.97. The molecule has 0 aromatic heterocycles. The van der Waals surface area contributed by atoms with Crippen molar-refractivity contribution >= 4 is 15.7 Å². The molecule has 168 valence electrons. The zero-order valence-corrected chi connectivity index (χ0v) is 19.8. The van der Waals surface area contributed by atoms with Crippen molar-refractivity contribution in [1.82, 2.24) is 9.62 Å². The Morgan fingerprint density at radius 1 is 0.938 bits per heavy atom. The normalized spacial score (nSPS) is 15.2. The van der Waals surface area contributed by atoms with Crippen LogP contribution in [-0.4, -0.2) is 40.5 Å². The second kappa shape index (κ2) is 9.45. The van der Waals surface area contributed by atoms with E-state index in [2.05, 4.69) is 63.1 Å². The number of hydrogen-bond donors (Lipinski definition) is 1. The Labute approximate surface area is 191 Å². The molecule has 0 saturated carbocycles. The third kappa shape index (κ3) is 5.04. The molecule has 3 aromatic carbocycles. The average Bonchev–Trinajstić information content (AvgIpc) is 2.79. The number of benzene rings is 3. The van der Waals surface area contributed by atoms with Crippen LogP contribution in [0.5, 0.6) is 0 Å². The van der Waals surface area contributed by atoms with Crippen LogP contribution in [0.1, 0.15) is 28.3 Å². The lowest BCUT2D eigenvalue weighted by Gasteiger charge is -2.36. The first-order valence-electron chi connectivity index (χ1n) is 11.0. The molecule has 1 N–H and O–H groups in total. The van der Waals surface area contributed by atoms with Gasteiger partial charge in [0.05, 0.1) is 4.90 Å². The summed E-state index contributed by atoms with van der Waals surface area (Å²) >= 11 is 0. The molecule has 0 bridgehead atoms. The molecule has 1 aliphatic rings. The molecule has 0 spiro atoms. The fourth-order valence-electron chi connectivity index (χ4n) is 4.23. The Balaban J connectivity index is 1.59. The summed E-state index contributed by atoms with van der Waals surface area (Å²) in [4.78, 5) is 4.74. The number of nitrogens with one attached hydrogen (secondary N) is 1. The van der Waals surface area contributed by atoms with Crippen LogP contribution in [0, 0.1) is 6.92 Å². The highest BCUT2D eigenvalue weighted by Gasteiger charge is 2.26. The summed E-state index contributed by atoms with van der Waals surface area (Å²) < 4.78 is 28.8. The van der Waals surface area contributed by atoms with E-state index in [9.17, 15) is 8.42 Å². The van der Waals surface area contributed by atoms with Gasteiger partial charge in [0.1, 0.15) is 0 Å². The van der Waals surface area contributed by atoms with Gasteiger partial charge in [0, 0.05) is 45.5 Å². The van der Waals surface area contributed by atoms with Gasteiger partial charge in [0.25, 0.3) is 0 Å². The molecule has 0 unspecified atom stereocenters. The summed E-state index contributed by atoms with van der Waals surface area (Å²) in [5.74, 6) is 0. The zero-order chi connectivity index (χ0) is 22.7. The van der Waals surface area contributed by atoms with E-state index in [0.717, 1.165) is 36.3 Å². The minimum atomic E-state index is -3.59. The molecule has 0 amide bonds. The van der Waals surface area contributed by atoms with Crippen molar-refractivity contribution < 1.29 is 8.42 Å². The van der Waals surface area contributed by atoms with Crippen LogP contribution in [0.2, 0.25) is 0 Å². The van der Waals surface area contributed by atoms with Gasteiger partial charge in [0.15, 0.2) is 0 Å². The first-order valence-corrected chi connectivity index (χ1v) is 12.5. The molecule has 0 saturated heterocycles. The molecule has 6 heteroatoms. The molecule has 1 aliphatic heterocycles. The topological polar surface area (TPSA) is 52.7 Å². The second-order valence-electron chi connectivity index (χ2n) is 8.66. The van der Waals surface area contributed by atoms with Crippen LogP contribution in [0.4, 0.5) is 5.69 Å². The van der Waals surface area contributed by atoms with E-state index in [4.69, 9.17) is 0 Å². The van der Waals surface area contributed by atoms with Crippen molar-refractivity contribution in [3.05, 3.63) is 95.1 Å². The van der Waals surface area contributed by atoms with Crippen molar-refractivity contribution in [2.24, 2.45) is 0 Å². The predicted molar refractivity (Wildman–Crippen MR) is 130 cm³/mol. The van der Waals surface area contributed by atoms with Gasteiger partial charge in [-0.15, -0.1) is 0 Å². The number of sulfonamides is 1. The largest absolute Gasteiger partial charge is 0.378 e. The number of anilines is 1. The van der Waals surface area contributed by atoms with E-state index in [1.54, 1.807) is 12.1 Å². The van der Waals surface area contributed by atoms with E-state index >= 15 is 0 Å². The lowest BCUT2D eigenvalue weighted by Crippen LogP contribution is -2.40. The molecule has 0 radical (unpaired) electrons. The summed E-state index contributed by atoms with van der Waals surface area (Å²) in [6.07, 6.45) is 0.965. The fraction of sp³-hybridized carbons (Fsp3) is 0.308. The van der Waals surface area contributed by atoms with Crippen molar-refractivity contribution in [2.75, 3.05) is 32.1 Å². The average molecular weight is 450 g/mol. The number of hydrogen-bond acceptors (Lipinski definition) is 4. The Morgan fingerprint density at radius 3 is 2.25 bits per heavy atom. The van der Waals surface area contributed by atoms with Crippen molar-refractivity contribution in [3.8, 4) is 0 Å². The highest BCUT2D eigenvalue weighted by Crippen LogP contribution is 2.29. The van der Waals surface area contributed by atoms with Gasteiger partial charge < -0.3 is 4.90 Å². The molecular weight excluding hydrogens is 418 g/mol. The van der Waals surface area contributed by atoms with Crippen LogP contribution < -0.4 is 9.62 Å². The van der Waals surface area contributed by atoms with Gasteiger partial charge in [-0.1, -0.05) is 54.1 Å². The van der Waals surface area contributed by atoms with E-state index < -0.39 is 10.0 Å². The number of aryl methyl sites for hydroxylation is 1. The maximum Gasteiger partial charge on any atom is 0.240 e. The predicted octanol–water partition coefficient (Wildman–Crippen LogP) is 4.14. The van der Waals surface area contributed by atoms with Crippen LogP contribution in [0.15, 0.2) is 77.7 Å². The summed E-state index contributed by atoms with van der Waals surface area (Å²) in [6, 6.07) is 23.8. The lowest BCUT2D eigenvalue weighted by molar-refractivity contribution is 0.180. The zero-order valence-electron chi connectivity index (χ0n) is 19.0. The molecule has 3 aromatic rings. The fourth-order valence-corrected chi connectivity index (χ4v) is 5.26. The molecule has 1 heterocycles. The summed E-state index contributed by atoms with van der Waals surface area (Å²) in [5, 5.41) is 0. The molecule has 0 aliphatic carbocycles. The Kier molecular flexibility index (Phi) is 6.65. The maximum atomic E-state index is 13.0. The third-order valence-corrected chi connectivity index (χ3v) is 7.63. The van der Waals surface area contributed by atoms with Crippen LogP contribution in [-0.2, 0) is 23.0 Å². The van der Waals surface area contributed by atoms with Gasteiger partial charge in [-0.3, -0.25) is 4.90 Å². The van der Waals surface area contributed by atoms with Gasteiger partial charge in [-0.2, -0.15) is 0 Å². The van der Waals surface area contributed by atoms with Gasteiger partial charge in [-0.05, 0) is 54.3 Å². The highest BCUT2D eigenvalue weighted by atomic mass is 32.2. The van der Waals surface area contributed by atoms with Gasteiger partial charge in [0.2, 0.25) is 10.0 Å². The minimum absolute atomic E-state index is 0.0557. The van der Waals surface area contributed by atoms with Crippen LogP contribution in [0.25, 0.3) is 0 Å². The van der Waals surface area contributed by atoms with Crippen molar-refractivity contribution in [3.63, 3.8) is 0 Å². The smallest absolute Gasteiger partial charge is 0.240 e. The van der Waals surface area contributed by atoms with E-state index in [1.165, 1.54) is 11.1 Å². The second-order valence-corrected chi connectivity index (χ2v) is 10.4. The van der Waals surface area contributed by atoms with Gasteiger partial charge in [-0.25, -0.2) is 13.1 Å². The SMILES string of the molecule is Cc1ccc(S(=O)(=O)NC[C@H](c2ccc(N(C)C)cc2)N2CCc3ccccc3C2)cc1. The monoisotopic (exact) mass is 449 g/mol. The van der Waals surface area contributed by atoms with E-state index in [-0.39, 0.29) is 6.04 Å². The quantitative estimate of drug-likeness (QED) is 0.589. The Hall–Kier alpha value is -2.67. The molecule has 1 atom stereocenters. The molecule has 0 fully saturated rings. The molecule has 5 nitrogen and oxygen atoms in total. The van der Waals surface area contributed by atoms with E-state index in [0.29, 0.717) is 11.4 Å². The van der Waals surface area contributed by atoms with E-state index in [1.807, 2.05) is 33.2 Å². The number of rotatable bonds is 7. The highest BCUT2D eigenvalue weighted by molar-refractivity contribution is 7.89. The number of nitrogens with zero attached hydrogens (tertiary/aromatic N) is 2. The maximum absolute atomic E-state index is 13.0. The van der Waals surface area contributed by atoms with Gasteiger partial charge >= 0.3 is 0 Å². The first-order chi connectivity index (χ1) is 15.3. The van der Waals surface area contributed by atoms with Crippen molar-refractivity contribution in [2.45, 2.75) is 30.8 Å². The van der Waals surface area contributed by atoms with Crippen LogP contribution in [0.3, 0.4) is 0 Å². The standard InChI is InChI=1S/C26H31N3O2S/c1-20-8-14-25(15-9-20)32(30,31)27-18-26(22-10-12-24(13-11-22)28(2)3)29-17-16-21-6-4-5-7-23(21)19-29/h4-15,26-27H,16-19H2,1-3H3/t26-/m1/s1. The molecular formula is C26H31N3O2S. The summed E-state index contributed by atoms with van der Waals surface area (Å²) in [7, 11) is 0.449. The Morgan fingerprint density at radius 2 is 1.59 bits per heavy atom.